The van der Waals surface area contributed by atoms with Gasteiger partial charge in [0.25, 0.3) is 0 Å². The highest BCUT2D eigenvalue weighted by atomic mass is 32.1. The molecule has 5 heteroatoms. The molecule has 1 saturated carbocycles. The molecular weight excluding hydrogens is 256 g/mol. The third-order valence-corrected chi connectivity index (χ3v) is 5.10. The summed E-state index contributed by atoms with van der Waals surface area (Å²) in [7, 11) is 0. The minimum absolute atomic E-state index is 0.354. The van der Waals surface area contributed by atoms with Crippen molar-refractivity contribution in [2.45, 2.75) is 45.1 Å². The van der Waals surface area contributed by atoms with E-state index in [4.69, 9.17) is 5.84 Å². The van der Waals surface area contributed by atoms with Crippen LogP contribution >= 0.6 is 11.3 Å². The highest BCUT2D eigenvalue weighted by Gasteiger charge is 2.26. The Labute approximate surface area is 118 Å². The number of aromatic nitrogens is 2. The van der Waals surface area contributed by atoms with Crippen molar-refractivity contribution < 1.29 is 0 Å². The quantitative estimate of drug-likeness (QED) is 0.667. The third-order valence-electron chi connectivity index (χ3n) is 4.33. The van der Waals surface area contributed by atoms with Crippen molar-refractivity contribution >= 4 is 16.3 Å². The van der Waals surface area contributed by atoms with Gasteiger partial charge in [-0.15, -0.1) is 11.3 Å². The first-order valence-electron chi connectivity index (χ1n) is 7.13. The van der Waals surface area contributed by atoms with Gasteiger partial charge in [0, 0.05) is 30.2 Å². The molecule has 0 aliphatic heterocycles. The summed E-state index contributed by atoms with van der Waals surface area (Å²) in [5, 5.41) is 2.06. The largest absolute Gasteiger partial charge is 0.297 e. The predicted octanol–water partition coefficient (Wildman–Crippen LogP) is 2.60. The maximum atomic E-state index is 5.78. The molecule has 0 radical (unpaired) electrons. The Morgan fingerprint density at radius 2 is 2.47 bits per heavy atom. The van der Waals surface area contributed by atoms with Crippen LogP contribution in [0.25, 0.3) is 4.96 Å². The Balaban J connectivity index is 1.70. The first kappa shape index (κ1) is 13.1. The number of hydrogen-bond acceptors (Lipinski definition) is 4. The predicted molar refractivity (Wildman–Crippen MR) is 79.0 cm³/mol. The molecule has 3 N–H and O–H groups in total. The third kappa shape index (κ3) is 2.83. The summed E-state index contributed by atoms with van der Waals surface area (Å²) in [4.78, 5) is 5.73. The van der Waals surface area contributed by atoms with Gasteiger partial charge in [-0.25, -0.2) is 4.98 Å². The van der Waals surface area contributed by atoms with Crippen molar-refractivity contribution in [3.63, 3.8) is 0 Å². The molecule has 0 aromatic carbocycles. The van der Waals surface area contributed by atoms with E-state index in [9.17, 15) is 0 Å². The number of thiazole rings is 1. The summed E-state index contributed by atoms with van der Waals surface area (Å²) in [6.45, 7) is 2.35. The van der Waals surface area contributed by atoms with E-state index >= 15 is 0 Å². The second-order valence-corrected chi connectivity index (χ2v) is 6.71. The summed E-state index contributed by atoms with van der Waals surface area (Å²) in [6, 6.07) is 0.354. The van der Waals surface area contributed by atoms with E-state index in [0.717, 1.165) is 23.0 Å². The van der Waals surface area contributed by atoms with Crippen LogP contribution in [0.5, 0.6) is 0 Å². The standard InChI is InChI=1S/C14H22N4S/c1-10-3-2-4-11(7-10)13(17-15)8-12-9-18-5-6-19-14(18)16-12/h5-6,9-11,13,17H,2-4,7-8,15H2,1H3. The van der Waals surface area contributed by atoms with Crippen LogP contribution in [0, 0.1) is 11.8 Å². The maximum Gasteiger partial charge on any atom is 0.193 e. The van der Waals surface area contributed by atoms with Gasteiger partial charge in [-0.1, -0.05) is 19.8 Å². The van der Waals surface area contributed by atoms with Crippen LogP contribution in [-0.2, 0) is 6.42 Å². The molecule has 4 nitrogen and oxygen atoms in total. The van der Waals surface area contributed by atoms with Crippen molar-refractivity contribution in [2.24, 2.45) is 17.7 Å². The van der Waals surface area contributed by atoms with Crippen molar-refractivity contribution in [2.75, 3.05) is 0 Å². The van der Waals surface area contributed by atoms with Crippen LogP contribution in [-0.4, -0.2) is 15.4 Å². The lowest BCUT2D eigenvalue weighted by atomic mass is 9.77. The Kier molecular flexibility index (Phi) is 3.86. The van der Waals surface area contributed by atoms with Gasteiger partial charge in [0.1, 0.15) is 0 Å². The molecule has 3 unspecified atom stereocenters. The van der Waals surface area contributed by atoms with Gasteiger partial charge in [-0.2, -0.15) is 0 Å². The minimum atomic E-state index is 0.354. The van der Waals surface area contributed by atoms with Crippen molar-refractivity contribution in [1.82, 2.24) is 14.8 Å². The van der Waals surface area contributed by atoms with Crippen LogP contribution in [0.4, 0.5) is 0 Å². The monoisotopic (exact) mass is 278 g/mol. The van der Waals surface area contributed by atoms with Gasteiger partial charge in [0.15, 0.2) is 4.96 Å². The molecule has 0 spiro atoms. The van der Waals surface area contributed by atoms with Crippen molar-refractivity contribution in [3.8, 4) is 0 Å². The maximum absolute atomic E-state index is 5.78. The Morgan fingerprint density at radius 3 is 3.21 bits per heavy atom. The van der Waals surface area contributed by atoms with Crippen LogP contribution in [0.2, 0.25) is 0 Å². The lowest BCUT2D eigenvalue weighted by Crippen LogP contribution is -2.44. The van der Waals surface area contributed by atoms with Gasteiger partial charge >= 0.3 is 0 Å². The van der Waals surface area contributed by atoms with Crippen LogP contribution < -0.4 is 11.3 Å². The first-order chi connectivity index (χ1) is 9.26. The fourth-order valence-electron chi connectivity index (χ4n) is 3.31. The molecule has 0 bridgehead atoms. The summed E-state index contributed by atoms with van der Waals surface area (Å²) < 4.78 is 2.09. The fraction of sp³-hybridized carbons (Fsp3) is 0.643. The van der Waals surface area contributed by atoms with E-state index in [1.807, 2.05) is 0 Å². The van der Waals surface area contributed by atoms with Gasteiger partial charge in [-0.3, -0.25) is 15.7 Å². The lowest BCUT2D eigenvalue weighted by Gasteiger charge is -2.32. The smallest absolute Gasteiger partial charge is 0.193 e. The van der Waals surface area contributed by atoms with Crippen molar-refractivity contribution in [3.05, 3.63) is 23.5 Å². The molecule has 3 atom stereocenters. The highest BCUT2D eigenvalue weighted by molar-refractivity contribution is 7.15. The molecule has 19 heavy (non-hydrogen) atoms. The number of imidazole rings is 1. The molecule has 104 valence electrons. The molecule has 0 saturated heterocycles. The zero-order valence-electron chi connectivity index (χ0n) is 11.4. The van der Waals surface area contributed by atoms with Crippen LogP contribution in [0.1, 0.15) is 38.3 Å². The molecular formula is C14H22N4S. The molecule has 0 amide bonds. The molecule has 2 heterocycles. The van der Waals surface area contributed by atoms with E-state index in [1.165, 1.54) is 25.7 Å². The zero-order valence-corrected chi connectivity index (χ0v) is 12.2. The number of nitrogens with one attached hydrogen (secondary N) is 1. The Bertz CT molecular complexity index is 504. The molecule has 2 aromatic rings. The Morgan fingerprint density at radius 1 is 1.58 bits per heavy atom. The van der Waals surface area contributed by atoms with Gasteiger partial charge in [0.2, 0.25) is 0 Å². The second-order valence-electron chi connectivity index (χ2n) is 5.83. The van der Waals surface area contributed by atoms with E-state index in [0.29, 0.717) is 12.0 Å². The van der Waals surface area contributed by atoms with Crippen LogP contribution in [0.15, 0.2) is 17.8 Å². The summed E-state index contributed by atoms with van der Waals surface area (Å²) in [5.41, 5.74) is 4.18. The number of fused-ring (bicyclic) bond motifs is 1. The number of hydrogen-bond donors (Lipinski definition) is 2. The number of rotatable bonds is 4. The summed E-state index contributed by atoms with van der Waals surface area (Å²) in [6.07, 6.45) is 10.4. The zero-order chi connectivity index (χ0) is 13.2. The van der Waals surface area contributed by atoms with Gasteiger partial charge in [-0.05, 0) is 24.7 Å². The highest BCUT2D eigenvalue weighted by Crippen LogP contribution is 2.31. The average molecular weight is 278 g/mol. The summed E-state index contributed by atoms with van der Waals surface area (Å²) >= 11 is 1.68. The van der Waals surface area contributed by atoms with E-state index in [1.54, 1.807) is 11.3 Å². The fourth-order valence-corrected chi connectivity index (χ4v) is 4.03. The van der Waals surface area contributed by atoms with Crippen molar-refractivity contribution in [1.29, 1.82) is 0 Å². The molecule has 1 aliphatic carbocycles. The normalized spacial score (nSPS) is 25.8. The lowest BCUT2D eigenvalue weighted by molar-refractivity contribution is 0.221. The average Bonchev–Trinajstić information content (AvgIpc) is 2.96. The molecule has 1 aliphatic rings. The second kappa shape index (κ2) is 5.61. The number of nitrogens with zero attached hydrogens (tertiary/aromatic N) is 2. The first-order valence-corrected chi connectivity index (χ1v) is 8.01. The topological polar surface area (TPSA) is 55.3 Å². The SMILES string of the molecule is CC1CCCC(C(Cc2cn3ccsc3n2)NN)C1. The van der Waals surface area contributed by atoms with Crippen LogP contribution in [0.3, 0.4) is 0 Å². The van der Waals surface area contributed by atoms with Gasteiger partial charge in [0.05, 0.1) is 5.69 Å². The molecule has 1 fully saturated rings. The van der Waals surface area contributed by atoms with Gasteiger partial charge < -0.3 is 0 Å². The van der Waals surface area contributed by atoms with E-state index in [-0.39, 0.29) is 0 Å². The minimum Gasteiger partial charge on any atom is -0.297 e. The van der Waals surface area contributed by atoms with E-state index < -0.39 is 0 Å². The molecule has 2 aromatic heterocycles. The summed E-state index contributed by atoms with van der Waals surface area (Å²) in [5.74, 6) is 7.31. The Hall–Kier alpha value is -0.910. The number of nitrogens with two attached hydrogens (primary N) is 1. The number of hydrazine groups is 1. The van der Waals surface area contributed by atoms with E-state index in [2.05, 4.69) is 39.5 Å². The molecule has 3 rings (SSSR count).